The van der Waals surface area contributed by atoms with Gasteiger partial charge in [-0.05, 0) is 37.8 Å². The first-order valence-electron chi connectivity index (χ1n) is 9.27. The molecule has 6 heteroatoms. The maximum Gasteiger partial charge on any atom is 0.242 e. The summed E-state index contributed by atoms with van der Waals surface area (Å²) in [7, 11) is 0. The molecule has 0 radical (unpaired) electrons. The van der Waals surface area contributed by atoms with E-state index < -0.39 is 0 Å². The Hall–Kier alpha value is -1.82. The van der Waals surface area contributed by atoms with E-state index in [0.29, 0.717) is 13.1 Å². The van der Waals surface area contributed by atoms with Gasteiger partial charge in [-0.1, -0.05) is 13.8 Å². The summed E-state index contributed by atoms with van der Waals surface area (Å²) in [6.45, 7) is 5.64. The van der Waals surface area contributed by atoms with Crippen molar-refractivity contribution in [1.29, 1.82) is 0 Å². The molecule has 1 aliphatic carbocycles. The third kappa shape index (κ3) is 4.84. The Morgan fingerprint density at radius 1 is 1.28 bits per heavy atom. The number of hydrogen-bond acceptors (Lipinski definition) is 4. The first-order chi connectivity index (χ1) is 12.0. The lowest BCUT2D eigenvalue weighted by molar-refractivity contribution is -0.144. The minimum atomic E-state index is -0.0925. The second-order valence-electron chi connectivity index (χ2n) is 7.34. The molecule has 1 aliphatic heterocycles. The molecule has 0 bridgehead atoms. The van der Waals surface area contributed by atoms with Crippen LogP contribution in [0.5, 0.6) is 0 Å². The molecule has 1 saturated heterocycles. The lowest BCUT2D eigenvalue weighted by Gasteiger charge is -2.29. The van der Waals surface area contributed by atoms with Crippen molar-refractivity contribution < 1.29 is 18.7 Å². The highest BCUT2D eigenvalue weighted by molar-refractivity contribution is 5.86. The van der Waals surface area contributed by atoms with Crippen LogP contribution in [0.4, 0.5) is 0 Å². The van der Waals surface area contributed by atoms with Crippen molar-refractivity contribution in [2.45, 2.75) is 58.2 Å². The molecule has 0 N–H and O–H groups in total. The Bertz CT molecular complexity index is 574. The summed E-state index contributed by atoms with van der Waals surface area (Å²) in [6.07, 6.45) is 5.69. The average molecular weight is 348 g/mol. The Labute approximate surface area is 149 Å². The molecular weight excluding hydrogens is 320 g/mol. The topological polar surface area (TPSA) is 63.0 Å². The summed E-state index contributed by atoms with van der Waals surface area (Å²) >= 11 is 0. The lowest BCUT2D eigenvalue weighted by Crippen LogP contribution is -2.46. The van der Waals surface area contributed by atoms with Crippen LogP contribution in [0.25, 0.3) is 0 Å². The van der Waals surface area contributed by atoms with Gasteiger partial charge in [0.15, 0.2) is 0 Å². The van der Waals surface area contributed by atoms with Crippen molar-refractivity contribution in [3.63, 3.8) is 0 Å². The molecule has 3 rings (SSSR count). The van der Waals surface area contributed by atoms with Gasteiger partial charge in [-0.25, -0.2) is 0 Å². The zero-order valence-corrected chi connectivity index (χ0v) is 15.1. The fourth-order valence-electron chi connectivity index (χ4n) is 3.23. The van der Waals surface area contributed by atoms with Crippen LogP contribution in [0.3, 0.4) is 0 Å². The molecule has 2 heterocycles. The van der Waals surface area contributed by atoms with Crippen molar-refractivity contribution in [1.82, 2.24) is 9.80 Å². The maximum atomic E-state index is 13.0. The van der Waals surface area contributed by atoms with Crippen molar-refractivity contribution in [3.05, 3.63) is 24.2 Å². The lowest BCUT2D eigenvalue weighted by atomic mass is 10.2. The van der Waals surface area contributed by atoms with Gasteiger partial charge in [0.1, 0.15) is 12.3 Å². The number of rotatable bonds is 8. The molecule has 6 nitrogen and oxygen atoms in total. The second kappa shape index (κ2) is 8.04. The molecule has 1 unspecified atom stereocenters. The fraction of sp³-hybridized carbons (Fsp3) is 0.684. The van der Waals surface area contributed by atoms with Gasteiger partial charge in [0.2, 0.25) is 11.8 Å². The number of carbonyl (C=O) groups is 2. The number of carbonyl (C=O) groups excluding carboxylic acids is 2. The fourth-order valence-corrected chi connectivity index (χ4v) is 3.23. The standard InChI is InChI=1S/C19H28N2O4/c1-14(2)19(23)21(15-7-8-15)13-18(22)20(11-16-5-3-9-24-16)12-17-6-4-10-25-17/h3,5,9,14-15,17H,4,6-8,10-13H2,1-2H3. The summed E-state index contributed by atoms with van der Waals surface area (Å²) in [6, 6.07) is 3.92. The molecule has 1 aromatic heterocycles. The molecule has 0 aromatic carbocycles. The van der Waals surface area contributed by atoms with E-state index in [1.807, 2.05) is 26.0 Å². The average Bonchev–Trinajstić information content (AvgIpc) is 3.07. The Kier molecular flexibility index (Phi) is 5.78. The van der Waals surface area contributed by atoms with Crippen molar-refractivity contribution >= 4 is 11.8 Å². The highest BCUT2D eigenvalue weighted by Crippen LogP contribution is 2.28. The predicted octanol–water partition coefficient (Wildman–Crippen LogP) is 2.43. The molecule has 1 aromatic rings. The van der Waals surface area contributed by atoms with Gasteiger partial charge in [-0.15, -0.1) is 0 Å². The van der Waals surface area contributed by atoms with E-state index in [1.54, 1.807) is 16.1 Å². The molecule has 138 valence electrons. The van der Waals surface area contributed by atoms with Crippen LogP contribution < -0.4 is 0 Å². The Morgan fingerprint density at radius 3 is 2.64 bits per heavy atom. The van der Waals surface area contributed by atoms with Crippen LogP contribution in [0.2, 0.25) is 0 Å². The summed E-state index contributed by atoms with van der Waals surface area (Å²) in [5, 5.41) is 0. The van der Waals surface area contributed by atoms with E-state index in [4.69, 9.17) is 9.15 Å². The van der Waals surface area contributed by atoms with Crippen molar-refractivity contribution in [2.24, 2.45) is 5.92 Å². The molecule has 1 atom stereocenters. The first kappa shape index (κ1) is 18.0. The zero-order chi connectivity index (χ0) is 17.8. The first-order valence-corrected chi connectivity index (χ1v) is 9.27. The molecule has 0 spiro atoms. The van der Waals surface area contributed by atoms with Crippen LogP contribution in [-0.2, 0) is 20.9 Å². The van der Waals surface area contributed by atoms with Gasteiger partial charge < -0.3 is 19.0 Å². The number of amides is 2. The third-order valence-electron chi connectivity index (χ3n) is 4.80. The Balaban J connectivity index is 1.67. The quantitative estimate of drug-likeness (QED) is 0.724. The highest BCUT2D eigenvalue weighted by Gasteiger charge is 2.36. The normalized spacial score (nSPS) is 20.0. The van der Waals surface area contributed by atoms with Gasteiger partial charge in [0.25, 0.3) is 0 Å². The number of nitrogens with zero attached hydrogens (tertiary/aromatic N) is 2. The van der Waals surface area contributed by atoms with Crippen LogP contribution in [-0.4, -0.2) is 53.5 Å². The van der Waals surface area contributed by atoms with Gasteiger partial charge in [0.05, 0.1) is 18.9 Å². The predicted molar refractivity (Wildman–Crippen MR) is 92.7 cm³/mol. The minimum Gasteiger partial charge on any atom is -0.467 e. The minimum absolute atomic E-state index is 0.0344. The third-order valence-corrected chi connectivity index (χ3v) is 4.80. The summed E-state index contributed by atoms with van der Waals surface area (Å²) < 4.78 is 11.1. The summed E-state index contributed by atoms with van der Waals surface area (Å²) in [5.41, 5.74) is 0. The van der Waals surface area contributed by atoms with Gasteiger partial charge in [-0.2, -0.15) is 0 Å². The van der Waals surface area contributed by atoms with Crippen molar-refractivity contribution in [2.75, 3.05) is 19.7 Å². The SMILES string of the molecule is CC(C)C(=O)N(CC(=O)N(Cc1ccco1)CC1CCCO1)C1CC1. The van der Waals surface area contributed by atoms with Crippen LogP contribution >= 0.6 is 0 Å². The van der Waals surface area contributed by atoms with E-state index in [2.05, 4.69) is 0 Å². The van der Waals surface area contributed by atoms with E-state index in [1.165, 1.54) is 0 Å². The highest BCUT2D eigenvalue weighted by atomic mass is 16.5. The molecule has 25 heavy (non-hydrogen) atoms. The largest absolute Gasteiger partial charge is 0.467 e. The molecular formula is C19H28N2O4. The van der Waals surface area contributed by atoms with Gasteiger partial charge in [-0.3, -0.25) is 9.59 Å². The number of ether oxygens (including phenoxy) is 1. The van der Waals surface area contributed by atoms with Gasteiger partial charge in [0, 0.05) is 25.1 Å². The van der Waals surface area contributed by atoms with E-state index >= 15 is 0 Å². The van der Waals surface area contributed by atoms with Crippen LogP contribution in [0, 0.1) is 5.92 Å². The summed E-state index contributed by atoms with van der Waals surface area (Å²) in [5.74, 6) is 0.684. The zero-order valence-electron chi connectivity index (χ0n) is 15.1. The summed E-state index contributed by atoms with van der Waals surface area (Å²) in [4.78, 5) is 29.0. The van der Waals surface area contributed by atoms with Crippen molar-refractivity contribution in [3.8, 4) is 0 Å². The van der Waals surface area contributed by atoms with Gasteiger partial charge >= 0.3 is 0 Å². The molecule has 2 amide bonds. The van der Waals surface area contributed by atoms with E-state index in [9.17, 15) is 9.59 Å². The molecule has 2 fully saturated rings. The smallest absolute Gasteiger partial charge is 0.242 e. The monoisotopic (exact) mass is 348 g/mol. The number of hydrogen-bond donors (Lipinski definition) is 0. The molecule has 2 aliphatic rings. The van der Waals surface area contributed by atoms with Crippen LogP contribution in [0.15, 0.2) is 22.8 Å². The van der Waals surface area contributed by atoms with E-state index in [-0.39, 0.29) is 36.4 Å². The molecule has 1 saturated carbocycles. The van der Waals surface area contributed by atoms with E-state index in [0.717, 1.165) is 38.1 Å². The second-order valence-corrected chi connectivity index (χ2v) is 7.34. The Morgan fingerprint density at radius 2 is 2.08 bits per heavy atom. The van der Waals surface area contributed by atoms with Crippen LogP contribution in [0.1, 0.15) is 45.3 Å². The number of furan rings is 1. The maximum absolute atomic E-state index is 13.0.